The molecule has 0 unspecified atom stereocenters. The lowest BCUT2D eigenvalue weighted by atomic mass is 9.57. The van der Waals surface area contributed by atoms with E-state index in [-0.39, 0.29) is 0 Å². The van der Waals surface area contributed by atoms with Crippen molar-refractivity contribution in [2.75, 3.05) is 11.4 Å². The van der Waals surface area contributed by atoms with Crippen LogP contribution in [0.15, 0.2) is 42.6 Å². The molecule has 1 aromatic carbocycles. The maximum atomic E-state index is 10.2. The van der Waals surface area contributed by atoms with Gasteiger partial charge in [0.25, 0.3) is 6.85 Å². The Bertz CT molecular complexity index is 965. The molecule has 2 aromatic heterocycles. The zero-order valence-corrected chi connectivity index (χ0v) is 17.3. The van der Waals surface area contributed by atoms with Crippen LogP contribution in [0.25, 0.3) is 5.65 Å². The van der Waals surface area contributed by atoms with Crippen molar-refractivity contribution >= 4 is 31.6 Å². The minimum atomic E-state index is -0.509. The number of hydrogen-bond acceptors (Lipinski definition) is 4. The van der Waals surface area contributed by atoms with E-state index in [1.54, 1.807) is 0 Å². The van der Waals surface area contributed by atoms with Gasteiger partial charge in [0.1, 0.15) is 13.7 Å². The molecule has 0 saturated heterocycles. The average molecular weight is 374 g/mol. The zero-order chi connectivity index (χ0) is 19.9. The van der Waals surface area contributed by atoms with Gasteiger partial charge in [-0.2, -0.15) is 5.10 Å². The minimum absolute atomic E-state index is 0.308. The van der Waals surface area contributed by atoms with E-state index in [2.05, 4.69) is 61.0 Å². The number of rotatable bonds is 6. The van der Waals surface area contributed by atoms with E-state index in [0.29, 0.717) is 12.8 Å². The number of hydrogen-bond donors (Lipinski definition) is 1. The highest BCUT2D eigenvalue weighted by Gasteiger charge is 2.40. The predicted molar refractivity (Wildman–Crippen MR) is 118 cm³/mol. The molecule has 1 saturated carbocycles. The molecule has 1 N–H and O–H groups in total. The van der Waals surface area contributed by atoms with Crippen molar-refractivity contribution in [3.63, 3.8) is 0 Å². The Morgan fingerprint density at radius 1 is 1.32 bits per heavy atom. The van der Waals surface area contributed by atoms with Crippen LogP contribution in [0.3, 0.4) is 0 Å². The van der Waals surface area contributed by atoms with Gasteiger partial charge in [0.05, 0.1) is 5.60 Å². The molecule has 144 valence electrons. The van der Waals surface area contributed by atoms with Gasteiger partial charge in [-0.05, 0) is 44.4 Å². The van der Waals surface area contributed by atoms with Crippen LogP contribution >= 0.6 is 0 Å². The summed E-state index contributed by atoms with van der Waals surface area (Å²) < 4.78 is 1.97. The van der Waals surface area contributed by atoms with Crippen LogP contribution in [0.5, 0.6) is 0 Å². The number of fused-ring (bicyclic) bond motifs is 1. The Morgan fingerprint density at radius 2 is 2.04 bits per heavy atom. The summed E-state index contributed by atoms with van der Waals surface area (Å²) in [5.41, 5.74) is 3.84. The first kappa shape index (κ1) is 19.1. The lowest BCUT2D eigenvalue weighted by molar-refractivity contribution is -0.0533. The molecule has 3 aromatic rings. The van der Waals surface area contributed by atoms with E-state index in [4.69, 9.17) is 4.98 Å². The fraction of sp³-hybridized carbons (Fsp3) is 0.429. The van der Waals surface area contributed by atoms with Gasteiger partial charge in [0.2, 0.25) is 0 Å². The summed E-state index contributed by atoms with van der Waals surface area (Å²) in [6.45, 7) is 7.49. The molecule has 1 aliphatic carbocycles. The Hall–Kier alpha value is -2.27. The topological polar surface area (TPSA) is 53.7 Å². The van der Waals surface area contributed by atoms with Crippen molar-refractivity contribution < 1.29 is 5.11 Å². The van der Waals surface area contributed by atoms with Gasteiger partial charge in [0.15, 0.2) is 5.65 Å². The van der Waals surface area contributed by atoms with E-state index < -0.39 is 5.60 Å². The molecule has 0 amide bonds. The van der Waals surface area contributed by atoms with Gasteiger partial charge in [-0.3, -0.25) is 0 Å². The summed E-state index contributed by atoms with van der Waals surface area (Å²) in [4.78, 5) is 7.15. The van der Waals surface area contributed by atoms with Crippen LogP contribution < -0.4 is 10.3 Å². The summed E-state index contributed by atoms with van der Waals surface area (Å²) in [5, 5.41) is 14.8. The normalized spacial score (nSPS) is 21.5. The first-order chi connectivity index (χ1) is 13.3. The van der Waals surface area contributed by atoms with E-state index in [1.807, 2.05) is 24.6 Å². The van der Waals surface area contributed by atoms with Crippen LogP contribution in [0, 0.1) is 12.8 Å². The number of anilines is 1. The summed E-state index contributed by atoms with van der Waals surface area (Å²) >= 11 is 0. The lowest BCUT2D eigenvalue weighted by Crippen LogP contribution is -2.50. The molecular formula is C21H28B2N4O. The van der Waals surface area contributed by atoms with Crippen molar-refractivity contribution in [1.82, 2.24) is 14.6 Å². The maximum absolute atomic E-state index is 10.2. The molecule has 1 aliphatic rings. The monoisotopic (exact) mass is 374 g/mol. The fourth-order valence-corrected chi connectivity index (χ4v) is 4.53. The quantitative estimate of drug-likeness (QED) is 0.667. The van der Waals surface area contributed by atoms with E-state index >= 15 is 0 Å². The zero-order valence-electron chi connectivity index (χ0n) is 17.3. The Kier molecular flexibility index (Phi) is 4.96. The van der Waals surface area contributed by atoms with Crippen molar-refractivity contribution in [3.8, 4) is 0 Å². The minimum Gasteiger partial charge on any atom is -0.400 e. The van der Waals surface area contributed by atoms with Crippen LogP contribution in [-0.2, 0) is 6.32 Å². The summed E-state index contributed by atoms with van der Waals surface area (Å²) in [7, 11) is 2.05. The average Bonchev–Trinajstić information content (AvgIpc) is 2.99. The SMILES string of the molecule is Bc1cnn2c(N(CC3CC(C)(O)C3)B(C)Cc3ccccc3)cc(C)nc12. The van der Waals surface area contributed by atoms with Gasteiger partial charge in [0, 0.05) is 24.5 Å². The van der Waals surface area contributed by atoms with Crippen molar-refractivity contribution in [3.05, 3.63) is 53.9 Å². The molecule has 0 spiro atoms. The van der Waals surface area contributed by atoms with E-state index in [0.717, 1.165) is 48.3 Å². The number of benzene rings is 1. The number of aromatic nitrogens is 3. The van der Waals surface area contributed by atoms with E-state index in [1.165, 1.54) is 5.56 Å². The molecule has 5 nitrogen and oxygen atoms in total. The molecule has 28 heavy (non-hydrogen) atoms. The first-order valence-corrected chi connectivity index (χ1v) is 10.2. The van der Waals surface area contributed by atoms with Gasteiger partial charge < -0.3 is 9.92 Å². The molecule has 0 radical (unpaired) electrons. The van der Waals surface area contributed by atoms with Crippen LogP contribution in [-0.4, -0.2) is 46.5 Å². The molecule has 7 heteroatoms. The van der Waals surface area contributed by atoms with Crippen LogP contribution in [0.1, 0.15) is 31.0 Å². The molecule has 0 bridgehead atoms. The standard InChI is InChI=1S/C21H28B2N4O/c1-15-9-19(27-20(25-15)18(22)13-24-27)26(14-17-10-21(2,28)11-17)23(3)12-16-7-5-4-6-8-16/h4-9,13,17,28H,10-12,14,22H2,1-3H3. The molecule has 1 fully saturated rings. The second-order valence-corrected chi connectivity index (χ2v) is 8.78. The molecule has 4 rings (SSSR count). The Labute approximate surface area is 168 Å². The van der Waals surface area contributed by atoms with Gasteiger partial charge >= 0.3 is 0 Å². The van der Waals surface area contributed by atoms with E-state index in [9.17, 15) is 5.11 Å². The lowest BCUT2D eigenvalue weighted by Gasteiger charge is -2.44. The third-order valence-corrected chi connectivity index (χ3v) is 5.87. The second-order valence-electron chi connectivity index (χ2n) is 8.78. The summed E-state index contributed by atoms with van der Waals surface area (Å²) in [6.07, 6.45) is 4.56. The van der Waals surface area contributed by atoms with Crippen molar-refractivity contribution in [1.29, 1.82) is 0 Å². The predicted octanol–water partition coefficient (Wildman–Crippen LogP) is 1.67. The highest BCUT2D eigenvalue weighted by atomic mass is 16.3. The van der Waals surface area contributed by atoms with Crippen molar-refractivity contribution in [2.45, 2.75) is 45.4 Å². The third-order valence-electron chi connectivity index (χ3n) is 5.87. The smallest absolute Gasteiger partial charge is 0.257 e. The molecule has 0 aliphatic heterocycles. The Balaban J connectivity index is 1.68. The highest BCUT2D eigenvalue weighted by molar-refractivity contribution is 6.61. The number of aryl methyl sites for hydroxylation is 1. The number of aliphatic hydroxyl groups is 1. The van der Waals surface area contributed by atoms with Crippen LogP contribution in [0.4, 0.5) is 5.82 Å². The molecular weight excluding hydrogens is 346 g/mol. The van der Waals surface area contributed by atoms with Crippen molar-refractivity contribution in [2.24, 2.45) is 5.92 Å². The van der Waals surface area contributed by atoms with Gasteiger partial charge in [-0.1, -0.05) is 42.7 Å². The fourth-order valence-electron chi connectivity index (χ4n) is 4.53. The largest absolute Gasteiger partial charge is 0.400 e. The van der Waals surface area contributed by atoms with Gasteiger partial charge in [-0.25, -0.2) is 9.50 Å². The van der Waals surface area contributed by atoms with Crippen LogP contribution in [0.2, 0.25) is 6.82 Å². The highest BCUT2D eigenvalue weighted by Crippen LogP contribution is 2.38. The first-order valence-electron chi connectivity index (χ1n) is 10.2. The maximum Gasteiger partial charge on any atom is 0.257 e. The summed E-state index contributed by atoms with van der Waals surface area (Å²) in [6, 6.07) is 12.8. The third kappa shape index (κ3) is 3.81. The molecule has 0 atom stereocenters. The van der Waals surface area contributed by atoms with Gasteiger partial charge in [-0.15, -0.1) is 0 Å². The second kappa shape index (κ2) is 7.28. The number of nitrogens with zero attached hydrogens (tertiary/aromatic N) is 4. The summed E-state index contributed by atoms with van der Waals surface area (Å²) in [5.74, 6) is 1.58. The Morgan fingerprint density at radius 3 is 2.71 bits per heavy atom. The molecule has 2 heterocycles.